The summed E-state index contributed by atoms with van der Waals surface area (Å²) in [5.41, 5.74) is 6.23. The lowest BCUT2D eigenvalue weighted by Gasteiger charge is -2.31. The number of rotatable bonds is 4. The third-order valence-corrected chi connectivity index (χ3v) is 3.91. The van der Waals surface area contributed by atoms with Crippen molar-refractivity contribution in [3.05, 3.63) is 18.6 Å². The van der Waals surface area contributed by atoms with E-state index in [9.17, 15) is 4.79 Å². The molecule has 0 unspecified atom stereocenters. The van der Waals surface area contributed by atoms with Gasteiger partial charge in [0.15, 0.2) is 11.5 Å². The standard InChI is InChI=1S/C14H20N6O/c1-2-16-11-9-20-8-5-17-13(20)14(18-11)19-6-3-10(4-7-19)12(15)21/h5,8-10,16H,2-4,6-7H2,1H3,(H2,15,21). The van der Waals surface area contributed by atoms with Gasteiger partial charge < -0.3 is 20.4 Å². The first-order valence-corrected chi connectivity index (χ1v) is 7.31. The van der Waals surface area contributed by atoms with Crippen molar-refractivity contribution in [3.8, 4) is 0 Å². The van der Waals surface area contributed by atoms with E-state index < -0.39 is 0 Å². The number of nitrogens with one attached hydrogen (secondary N) is 1. The molecule has 0 radical (unpaired) electrons. The molecule has 21 heavy (non-hydrogen) atoms. The predicted molar refractivity (Wildman–Crippen MR) is 81.3 cm³/mol. The number of anilines is 2. The Balaban J connectivity index is 1.89. The molecule has 1 aliphatic rings. The number of piperidine rings is 1. The molecule has 2 aromatic heterocycles. The van der Waals surface area contributed by atoms with Crippen LogP contribution in [0.2, 0.25) is 0 Å². The van der Waals surface area contributed by atoms with E-state index in [1.807, 2.05) is 23.7 Å². The number of imidazole rings is 1. The van der Waals surface area contributed by atoms with Gasteiger partial charge in [0.05, 0.1) is 6.20 Å². The van der Waals surface area contributed by atoms with Crippen molar-refractivity contribution < 1.29 is 4.79 Å². The van der Waals surface area contributed by atoms with Crippen molar-refractivity contribution in [3.63, 3.8) is 0 Å². The van der Waals surface area contributed by atoms with Gasteiger partial charge in [-0.15, -0.1) is 0 Å². The van der Waals surface area contributed by atoms with Crippen LogP contribution in [0.4, 0.5) is 11.6 Å². The number of amides is 1. The third kappa shape index (κ3) is 2.63. The molecule has 1 fully saturated rings. The van der Waals surface area contributed by atoms with Gasteiger partial charge in [0.1, 0.15) is 5.82 Å². The minimum Gasteiger partial charge on any atom is -0.369 e. The Hall–Kier alpha value is -2.31. The lowest BCUT2D eigenvalue weighted by Crippen LogP contribution is -2.39. The fraction of sp³-hybridized carbons (Fsp3) is 0.500. The first kappa shape index (κ1) is 13.7. The Kier molecular flexibility index (Phi) is 3.64. The van der Waals surface area contributed by atoms with Crippen molar-refractivity contribution in [2.45, 2.75) is 19.8 Å². The van der Waals surface area contributed by atoms with Crippen molar-refractivity contribution in [1.82, 2.24) is 14.4 Å². The first-order chi connectivity index (χ1) is 10.2. The molecule has 0 saturated carbocycles. The number of hydrogen-bond donors (Lipinski definition) is 2. The quantitative estimate of drug-likeness (QED) is 0.871. The van der Waals surface area contributed by atoms with Gasteiger partial charge in [-0.1, -0.05) is 0 Å². The monoisotopic (exact) mass is 288 g/mol. The molecule has 1 amide bonds. The highest BCUT2D eigenvalue weighted by Gasteiger charge is 2.25. The Morgan fingerprint density at radius 3 is 2.90 bits per heavy atom. The maximum Gasteiger partial charge on any atom is 0.220 e. The molecule has 3 N–H and O–H groups in total. The van der Waals surface area contributed by atoms with Crippen LogP contribution in [0.25, 0.3) is 5.65 Å². The lowest BCUT2D eigenvalue weighted by molar-refractivity contribution is -0.122. The van der Waals surface area contributed by atoms with Crippen molar-refractivity contribution in [2.75, 3.05) is 29.9 Å². The second kappa shape index (κ2) is 5.59. The second-order valence-corrected chi connectivity index (χ2v) is 5.30. The van der Waals surface area contributed by atoms with Crippen LogP contribution in [0.5, 0.6) is 0 Å². The molecule has 0 aromatic carbocycles. The number of carbonyl (C=O) groups excluding carboxylic acids is 1. The van der Waals surface area contributed by atoms with Crippen LogP contribution in [-0.4, -0.2) is 39.9 Å². The van der Waals surface area contributed by atoms with Gasteiger partial charge in [-0.2, -0.15) is 0 Å². The Morgan fingerprint density at radius 1 is 1.48 bits per heavy atom. The SMILES string of the molecule is CCNc1cn2ccnc2c(N2CCC(C(N)=O)CC2)n1. The summed E-state index contributed by atoms with van der Waals surface area (Å²) in [7, 11) is 0. The van der Waals surface area contributed by atoms with Crippen LogP contribution in [0.1, 0.15) is 19.8 Å². The van der Waals surface area contributed by atoms with E-state index in [0.717, 1.165) is 49.8 Å². The van der Waals surface area contributed by atoms with Gasteiger partial charge in [-0.05, 0) is 19.8 Å². The average Bonchev–Trinajstić information content (AvgIpc) is 2.95. The number of nitrogens with two attached hydrogens (primary N) is 1. The van der Waals surface area contributed by atoms with Gasteiger partial charge in [0.25, 0.3) is 0 Å². The molecule has 3 heterocycles. The summed E-state index contributed by atoms with van der Waals surface area (Å²) in [4.78, 5) is 22.5. The molecule has 1 saturated heterocycles. The van der Waals surface area contributed by atoms with E-state index in [-0.39, 0.29) is 11.8 Å². The van der Waals surface area contributed by atoms with Crippen LogP contribution in [-0.2, 0) is 4.79 Å². The number of nitrogens with zero attached hydrogens (tertiary/aromatic N) is 4. The van der Waals surface area contributed by atoms with Crippen molar-refractivity contribution >= 4 is 23.2 Å². The fourth-order valence-corrected chi connectivity index (χ4v) is 2.77. The van der Waals surface area contributed by atoms with Gasteiger partial charge in [0, 0.05) is 37.9 Å². The molecule has 7 nitrogen and oxygen atoms in total. The number of primary amides is 1. The highest BCUT2D eigenvalue weighted by Crippen LogP contribution is 2.26. The summed E-state index contributed by atoms with van der Waals surface area (Å²) < 4.78 is 1.97. The summed E-state index contributed by atoms with van der Waals surface area (Å²) in [5, 5.41) is 3.24. The maximum absolute atomic E-state index is 11.3. The molecule has 3 rings (SSSR count). The maximum atomic E-state index is 11.3. The zero-order valence-electron chi connectivity index (χ0n) is 12.1. The molecule has 0 aliphatic carbocycles. The van der Waals surface area contributed by atoms with Crippen molar-refractivity contribution in [2.24, 2.45) is 11.7 Å². The molecule has 7 heteroatoms. The third-order valence-electron chi connectivity index (χ3n) is 3.91. The minimum absolute atomic E-state index is 0.0195. The Bertz CT molecular complexity index is 644. The second-order valence-electron chi connectivity index (χ2n) is 5.30. The van der Waals surface area contributed by atoms with Crippen LogP contribution in [0.15, 0.2) is 18.6 Å². The molecular weight excluding hydrogens is 268 g/mol. The zero-order chi connectivity index (χ0) is 14.8. The van der Waals surface area contributed by atoms with Gasteiger partial charge in [-0.3, -0.25) is 4.79 Å². The van der Waals surface area contributed by atoms with Gasteiger partial charge >= 0.3 is 0 Å². The smallest absolute Gasteiger partial charge is 0.220 e. The number of hydrogen-bond acceptors (Lipinski definition) is 5. The molecule has 1 aliphatic heterocycles. The van der Waals surface area contributed by atoms with Gasteiger partial charge in [-0.25, -0.2) is 9.97 Å². The molecule has 0 bridgehead atoms. The normalized spacial score (nSPS) is 16.3. The van der Waals surface area contributed by atoms with E-state index in [4.69, 9.17) is 5.73 Å². The number of aromatic nitrogens is 3. The first-order valence-electron chi connectivity index (χ1n) is 7.31. The number of fused-ring (bicyclic) bond motifs is 1. The highest BCUT2D eigenvalue weighted by atomic mass is 16.1. The van der Waals surface area contributed by atoms with Crippen molar-refractivity contribution in [1.29, 1.82) is 0 Å². The number of carbonyl (C=O) groups is 1. The van der Waals surface area contributed by atoms with Gasteiger partial charge in [0.2, 0.25) is 5.91 Å². The summed E-state index contributed by atoms with van der Waals surface area (Å²) in [6.07, 6.45) is 7.17. The zero-order valence-corrected chi connectivity index (χ0v) is 12.1. The van der Waals surface area contributed by atoms with Crippen LogP contribution in [0, 0.1) is 5.92 Å². The summed E-state index contributed by atoms with van der Waals surface area (Å²) in [6, 6.07) is 0. The van der Waals surface area contributed by atoms with E-state index in [1.54, 1.807) is 6.20 Å². The summed E-state index contributed by atoms with van der Waals surface area (Å²) >= 11 is 0. The Labute approximate surface area is 123 Å². The molecule has 2 aromatic rings. The largest absolute Gasteiger partial charge is 0.369 e. The minimum atomic E-state index is -0.199. The lowest BCUT2D eigenvalue weighted by atomic mass is 9.96. The average molecular weight is 288 g/mol. The topological polar surface area (TPSA) is 88.5 Å². The van der Waals surface area contributed by atoms with Crippen LogP contribution in [0.3, 0.4) is 0 Å². The summed E-state index contributed by atoms with van der Waals surface area (Å²) in [6.45, 7) is 4.41. The molecular formula is C14H20N6O. The van der Waals surface area contributed by atoms with E-state index in [2.05, 4.69) is 20.2 Å². The molecule has 0 atom stereocenters. The Morgan fingerprint density at radius 2 is 2.24 bits per heavy atom. The highest BCUT2D eigenvalue weighted by molar-refractivity contribution is 5.77. The fourth-order valence-electron chi connectivity index (χ4n) is 2.77. The molecule has 0 spiro atoms. The summed E-state index contributed by atoms with van der Waals surface area (Å²) in [5.74, 6) is 1.47. The van der Waals surface area contributed by atoms with E-state index >= 15 is 0 Å². The predicted octanol–water partition coefficient (Wildman–Crippen LogP) is 0.863. The van der Waals surface area contributed by atoms with Crippen LogP contribution >= 0.6 is 0 Å². The van der Waals surface area contributed by atoms with Crippen LogP contribution < -0.4 is 16.0 Å². The van der Waals surface area contributed by atoms with E-state index in [1.165, 1.54) is 0 Å². The molecule has 112 valence electrons. The van der Waals surface area contributed by atoms with E-state index in [0.29, 0.717) is 0 Å².